The molecule has 1 unspecified atom stereocenters. The van der Waals surface area contributed by atoms with E-state index in [2.05, 4.69) is 10.3 Å². The smallest absolute Gasteiger partial charge is 0.303 e. The van der Waals surface area contributed by atoms with Gasteiger partial charge in [-0.2, -0.15) is 0 Å². The summed E-state index contributed by atoms with van der Waals surface area (Å²) >= 11 is 0. The first-order valence-electron chi connectivity index (χ1n) is 4.75. The van der Waals surface area contributed by atoms with Crippen LogP contribution in [0.25, 0.3) is 0 Å². The van der Waals surface area contributed by atoms with Crippen LogP contribution >= 0.6 is 0 Å². The highest BCUT2D eigenvalue weighted by atomic mass is 16.4. The van der Waals surface area contributed by atoms with Crippen molar-refractivity contribution < 1.29 is 14.7 Å². The van der Waals surface area contributed by atoms with Crippen molar-refractivity contribution in [1.29, 1.82) is 0 Å². The van der Waals surface area contributed by atoms with Crippen molar-refractivity contribution in [1.82, 2.24) is 10.3 Å². The van der Waals surface area contributed by atoms with Gasteiger partial charge in [-0.1, -0.05) is 0 Å². The molecule has 15 heavy (non-hydrogen) atoms. The van der Waals surface area contributed by atoms with Crippen molar-refractivity contribution in [3.05, 3.63) is 24.0 Å². The molecular formula is C10H14N2O3. The number of carbonyl (C=O) groups is 2. The van der Waals surface area contributed by atoms with Gasteiger partial charge in [-0.15, -0.1) is 0 Å². The summed E-state index contributed by atoms with van der Waals surface area (Å²) in [5, 5.41) is 11.2. The highest BCUT2D eigenvalue weighted by molar-refractivity contribution is 5.66. The van der Waals surface area contributed by atoms with Crippen molar-refractivity contribution in [2.75, 3.05) is 0 Å². The highest BCUT2D eigenvalue weighted by Crippen LogP contribution is 2.06. The molecule has 0 spiro atoms. The fourth-order valence-corrected chi connectivity index (χ4v) is 1.41. The van der Waals surface area contributed by atoms with E-state index in [0.717, 1.165) is 5.56 Å². The Morgan fingerprint density at radius 1 is 1.67 bits per heavy atom. The maximum atomic E-state index is 10.4. The summed E-state index contributed by atoms with van der Waals surface area (Å²) < 4.78 is 0. The average molecular weight is 210 g/mol. The second-order valence-corrected chi connectivity index (χ2v) is 3.34. The van der Waals surface area contributed by atoms with E-state index >= 15 is 0 Å². The van der Waals surface area contributed by atoms with Gasteiger partial charge in [0.05, 0.1) is 0 Å². The molecule has 82 valence electrons. The predicted molar refractivity (Wildman–Crippen MR) is 54.4 cm³/mol. The van der Waals surface area contributed by atoms with Gasteiger partial charge < -0.3 is 15.4 Å². The lowest BCUT2D eigenvalue weighted by Gasteiger charge is -2.13. The van der Waals surface area contributed by atoms with Crippen LogP contribution in [0.3, 0.4) is 0 Å². The topological polar surface area (TPSA) is 82.2 Å². The standard InChI is InChI=1S/C10H14N2O3/c13-7-12-9(1-2-10(14)15)5-8-3-4-11-6-8/h3-4,6-7,9,11H,1-2,5H2,(H,12,13)(H,14,15). The predicted octanol–water partition coefficient (Wildman–Crippen LogP) is 0.537. The molecule has 0 aliphatic rings. The molecule has 0 saturated heterocycles. The van der Waals surface area contributed by atoms with Crippen LogP contribution < -0.4 is 5.32 Å². The summed E-state index contributed by atoms with van der Waals surface area (Å²) in [5.41, 5.74) is 1.06. The Balaban J connectivity index is 2.42. The quantitative estimate of drug-likeness (QED) is 0.574. The van der Waals surface area contributed by atoms with E-state index < -0.39 is 5.97 Å². The normalized spacial score (nSPS) is 12.0. The summed E-state index contributed by atoms with van der Waals surface area (Å²) in [6.45, 7) is 0. The van der Waals surface area contributed by atoms with Gasteiger partial charge in [0.2, 0.25) is 6.41 Å². The number of aliphatic carboxylic acids is 1. The summed E-state index contributed by atoms with van der Waals surface area (Å²) in [4.78, 5) is 23.6. The van der Waals surface area contributed by atoms with E-state index in [9.17, 15) is 9.59 Å². The second-order valence-electron chi connectivity index (χ2n) is 3.34. The minimum absolute atomic E-state index is 0.0654. The lowest BCUT2D eigenvalue weighted by atomic mass is 10.0. The van der Waals surface area contributed by atoms with Gasteiger partial charge in [-0.3, -0.25) is 9.59 Å². The lowest BCUT2D eigenvalue weighted by Crippen LogP contribution is -2.30. The summed E-state index contributed by atoms with van der Waals surface area (Å²) in [6.07, 6.45) is 5.40. The molecule has 0 aliphatic heterocycles. The second kappa shape index (κ2) is 5.85. The number of H-pyrrole nitrogens is 1. The van der Waals surface area contributed by atoms with E-state index in [1.54, 1.807) is 6.20 Å². The third-order valence-electron chi connectivity index (χ3n) is 2.15. The van der Waals surface area contributed by atoms with Crippen molar-refractivity contribution >= 4 is 12.4 Å². The summed E-state index contributed by atoms with van der Waals surface area (Å²) in [7, 11) is 0. The number of rotatable bonds is 7. The molecule has 0 saturated carbocycles. The van der Waals surface area contributed by atoms with Gasteiger partial charge >= 0.3 is 5.97 Å². The molecule has 1 amide bonds. The monoisotopic (exact) mass is 210 g/mol. The molecule has 3 N–H and O–H groups in total. The zero-order valence-electron chi connectivity index (χ0n) is 8.27. The molecule has 1 aromatic rings. The Bertz CT molecular complexity index is 308. The van der Waals surface area contributed by atoms with E-state index in [1.807, 2.05) is 12.3 Å². The number of carboxylic acids is 1. The zero-order valence-corrected chi connectivity index (χ0v) is 8.27. The average Bonchev–Trinajstić information content (AvgIpc) is 2.67. The van der Waals surface area contributed by atoms with Crippen LogP contribution in [-0.2, 0) is 16.0 Å². The molecule has 1 atom stereocenters. The van der Waals surface area contributed by atoms with Crippen LogP contribution in [0.4, 0.5) is 0 Å². The molecule has 5 nitrogen and oxygen atoms in total. The Labute approximate surface area is 87.5 Å². The molecule has 0 radical (unpaired) electrons. The van der Waals surface area contributed by atoms with Crippen LogP contribution in [0.15, 0.2) is 18.5 Å². The number of nitrogens with one attached hydrogen (secondary N) is 2. The minimum Gasteiger partial charge on any atom is -0.481 e. The lowest BCUT2D eigenvalue weighted by molar-refractivity contribution is -0.137. The van der Waals surface area contributed by atoms with Crippen molar-refractivity contribution in [3.8, 4) is 0 Å². The zero-order chi connectivity index (χ0) is 11.1. The van der Waals surface area contributed by atoms with E-state index in [1.165, 1.54) is 0 Å². The van der Waals surface area contributed by atoms with E-state index in [4.69, 9.17) is 5.11 Å². The number of aromatic amines is 1. The third kappa shape index (κ3) is 4.30. The van der Waals surface area contributed by atoms with Crippen molar-refractivity contribution in [2.24, 2.45) is 0 Å². The minimum atomic E-state index is -0.846. The van der Waals surface area contributed by atoms with Crippen LogP contribution in [0.2, 0.25) is 0 Å². The van der Waals surface area contributed by atoms with Gasteiger partial charge in [0.15, 0.2) is 0 Å². The SMILES string of the molecule is O=CNC(CCC(=O)O)Cc1cc[nH]c1. The third-order valence-corrected chi connectivity index (χ3v) is 2.15. The molecule has 5 heteroatoms. The number of hydrogen-bond donors (Lipinski definition) is 3. The number of carboxylic acid groups (broad SMARTS) is 1. The molecule has 1 rings (SSSR count). The van der Waals surface area contributed by atoms with Gasteiger partial charge in [0.25, 0.3) is 0 Å². The van der Waals surface area contributed by atoms with Crippen LogP contribution in [0.1, 0.15) is 18.4 Å². The first kappa shape index (κ1) is 11.3. The molecule has 1 aromatic heterocycles. The fraction of sp³-hybridized carbons (Fsp3) is 0.400. The molecule has 0 aliphatic carbocycles. The van der Waals surface area contributed by atoms with E-state index in [0.29, 0.717) is 19.3 Å². The first-order valence-corrected chi connectivity index (χ1v) is 4.75. The number of amides is 1. The summed E-state index contributed by atoms with van der Waals surface area (Å²) in [5.74, 6) is -0.846. The Morgan fingerprint density at radius 3 is 3.00 bits per heavy atom. The largest absolute Gasteiger partial charge is 0.481 e. The first-order chi connectivity index (χ1) is 7.22. The molecule has 0 bridgehead atoms. The molecular weight excluding hydrogens is 196 g/mol. The molecule has 1 heterocycles. The molecule has 0 fully saturated rings. The van der Waals surface area contributed by atoms with Crippen LogP contribution in [0, 0.1) is 0 Å². The summed E-state index contributed by atoms with van der Waals surface area (Å²) in [6, 6.07) is 1.79. The Morgan fingerprint density at radius 2 is 2.47 bits per heavy atom. The van der Waals surface area contributed by atoms with Gasteiger partial charge in [-0.25, -0.2) is 0 Å². The number of hydrogen-bond acceptors (Lipinski definition) is 2. The number of aromatic nitrogens is 1. The van der Waals surface area contributed by atoms with Crippen LogP contribution in [-0.4, -0.2) is 28.5 Å². The maximum Gasteiger partial charge on any atom is 0.303 e. The van der Waals surface area contributed by atoms with E-state index in [-0.39, 0.29) is 12.5 Å². The fourth-order valence-electron chi connectivity index (χ4n) is 1.41. The Hall–Kier alpha value is -1.78. The van der Waals surface area contributed by atoms with Gasteiger partial charge in [0.1, 0.15) is 0 Å². The maximum absolute atomic E-state index is 10.4. The van der Waals surface area contributed by atoms with Gasteiger partial charge in [-0.05, 0) is 24.5 Å². The number of carbonyl (C=O) groups excluding carboxylic acids is 1. The van der Waals surface area contributed by atoms with Gasteiger partial charge in [0, 0.05) is 24.9 Å². The Kier molecular flexibility index (Phi) is 4.40. The van der Waals surface area contributed by atoms with Crippen molar-refractivity contribution in [3.63, 3.8) is 0 Å². The molecule has 0 aromatic carbocycles. The van der Waals surface area contributed by atoms with Crippen molar-refractivity contribution in [2.45, 2.75) is 25.3 Å². The van der Waals surface area contributed by atoms with Crippen LogP contribution in [0.5, 0.6) is 0 Å². The highest BCUT2D eigenvalue weighted by Gasteiger charge is 2.10.